The topological polar surface area (TPSA) is 42.0 Å². The highest BCUT2D eigenvalue weighted by molar-refractivity contribution is 9.10. The number of nitrogens with zero attached hydrogens (tertiary/aromatic N) is 1. The summed E-state index contributed by atoms with van der Waals surface area (Å²) in [6, 6.07) is 8.98. The van der Waals surface area contributed by atoms with Gasteiger partial charge in [0.2, 0.25) is 0 Å². The fourth-order valence-electron chi connectivity index (χ4n) is 1.78. The van der Waals surface area contributed by atoms with Crippen molar-refractivity contribution in [3.8, 4) is 11.3 Å². The second kappa shape index (κ2) is 6.68. The first-order chi connectivity index (χ1) is 10.5. The largest absolute Gasteiger partial charge is 0.298 e. The van der Waals surface area contributed by atoms with E-state index in [9.17, 15) is 4.79 Å². The molecule has 0 bridgehead atoms. The highest BCUT2D eigenvalue weighted by Gasteiger charge is 2.15. The summed E-state index contributed by atoms with van der Waals surface area (Å²) in [6.07, 6.45) is 0. The van der Waals surface area contributed by atoms with E-state index in [0.29, 0.717) is 25.1 Å². The third-order valence-electron chi connectivity index (χ3n) is 2.78. The van der Waals surface area contributed by atoms with Crippen LogP contribution in [0.3, 0.4) is 0 Å². The summed E-state index contributed by atoms with van der Waals surface area (Å²) in [5.41, 5.74) is 2.02. The molecular formula is C14H7BrCl2N2OS2. The molecule has 8 heteroatoms. The minimum Gasteiger partial charge on any atom is -0.298 e. The predicted molar refractivity (Wildman–Crippen MR) is 97.5 cm³/mol. The van der Waals surface area contributed by atoms with Gasteiger partial charge in [-0.05, 0) is 34.1 Å². The molecule has 2 heterocycles. The van der Waals surface area contributed by atoms with E-state index < -0.39 is 0 Å². The van der Waals surface area contributed by atoms with E-state index in [1.54, 1.807) is 18.2 Å². The van der Waals surface area contributed by atoms with Crippen molar-refractivity contribution in [2.75, 3.05) is 5.32 Å². The quantitative estimate of drug-likeness (QED) is 0.534. The van der Waals surface area contributed by atoms with Crippen molar-refractivity contribution in [1.29, 1.82) is 0 Å². The van der Waals surface area contributed by atoms with Gasteiger partial charge in [0.15, 0.2) is 5.13 Å². The molecule has 3 nitrogen and oxygen atoms in total. The van der Waals surface area contributed by atoms with Gasteiger partial charge >= 0.3 is 0 Å². The molecule has 0 aliphatic carbocycles. The molecule has 0 saturated heterocycles. The van der Waals surface area contributed by atoms with Crippen molar-refractivity contribution in [2.24, 2.45) is 0 Å². The van der Waals surface area contributed by atoms with Crippen LogP contribution < -0.4 is 5.32 Å². The molecule has 0 radical (unpaired) electrons. The van der Waals surface area contributed by atoms with Crippen LogP contribution in [-0.4, -0.2) is 10.9 Å². The Morgan fingerprint density at radius 3 is 2.73 bits per heavy atom. The zero-order valence-electron chi connectivity index (χ0n) is 10.8. The van der Waals surface area contributed by atoms with E-state index in [1.807, 2.05) is 17.5 Å². The van der Waals surface area contributed by atoms with Gasteiger partial charge in [-0.15, -0.1) is 22.7 Å². The smallest absolute Gasteiger partial charge is 0.258 e. The van der Waals surface area contributed by atoms with Gasteiger partial charge in [-0.3, -0.25) is 10.1 Å². The Morgan fingerprint density at radius 1 is 1.27 bits per heavy atom. The Balaban J connectivity index is 1.82. The number of carbonyl (C=O) groups excluding carboxylic acids is 1. The first-order valence-corrected chi connectivity index (χ1v) is 9.25. The lowest BCUT2D eigenvalue weighted by atomic mass is 10.2. The molecule has 2 aromatic heterocycles. The number of halogens is 3. The first-order valence-electron chi connectivity index (χ1n) is 6.01. The summed E-state index contributed by atoms with van der Waals surface area (Å²) >= 11 is 18.0. The normalized spacial score (nSPS) is 10.7. The van der Waals surface area contributed by atoms with Gasteiger partial charge in [0, 0.05) is 15.4 Å². The SMILES string of the molecule is O=C(Nc1nc(-c2cc(Cl)sc2Cl)cs1)c1ccccc1Br. The van der Waals surface area contributed by atoms with Gasteiger partial charge in [-0.1, -0.05) is 35.3 Å². The third-order valence-corrected chi connectivity index (χ3v) is 5.71. The van der Waals surface area contributed by atoms with Gasteiger partial charge in [0.1, 0.15) is 4.34 Å². The van der Waals surface area contributed by atoms with E-state index in [1.165, 1.54) is 22.7 Å². The first kappa shape index (κ1) is 16.0. The molecule has 112 valence electrons. The maximum absolute atomic E-state index is 12.2. The number of thiophene rings is 1. The average Bonchev–Trinajstić information content (AvgIpc) is 3.05. The second-order valence-electron chi connectivity index (χ2n) is 4.21. The fourth-order valence-corrected chi connectivity index (χ4v) is 4.43. The summed E-state index contributed by atoms with van der Waals surface area (Å²) in [4.78, 5) is 16.6. The molecule has 1 amide bonds. The summed E-state index contributed by atoms with van der Waals surface area (Å²) in [7, 11) is 0. The van der Waals surface area contributed by atoms with E-state index >= 15 is 0 Å². The lowest BCUT2D eigenvalue weighted by molar-refractivity contribution is 0.102. The van der Waals surface area contributed by atoms with Crippen LogP contribution in [0.25, 0.3) is 11.3 Å². The number of thiazole rings is 1. The molecule has 1 aromatic carbocycles. The van der Waals surface area contributed by atoms with Crippen LogP contribution in [0.1, 0.15) is 10.4 Å². The Morgan fingerprint density at radius 2 is 2.05 bits per heavy atom. The molecule has 1 N–H and O–H groups in total. The molecular weight excluding hydrogens is 427 g/mol. The molecule has 22 heavy (non-hydrogen) atoms. The molecule has 3 rings (SSSR count). The lowest BCUT2D eigenvalue weighted by Gasteiger charge is -2.03. The number of carbonyl (C=O) groups is 1. The van der Waals surface area contributed by atoms with Crippen molar-refractivity contribution in [1.82, 2.24) is 4.98 Å². The fraction of sp³-hybridized carbons (Fsp3) is 0. The van der Waals surface area contributed by atoms with Crippen molar-refractivity contribution in [2.45, 2.75) is 0 Å². The van der Waals surface area contributed by atoms with Crippen LogP contribution in [0.2, 0.25) is 8.67 Å². The minimum atomic E-state index is -0.220. The van der Waals surface area contributed by atoms with Gasteiger partial charge in [-0.25, -0.2) is 4.98 Å². The summed E-state index contributed by atoms with van der Waals surface area (Å²) in [5, 5.41) is 5.12. The number of rotatable bonds is 3. The molecule has 0 aliphatic rings. The Hall–Kier alpha value is -0.920. The molecule has 0 saturated carbocycles. The average molecular weight is 434 g/mol. The van der Waals surface area contributed by atoms with Crippen LogP contribution in [-0.2, 0) is 0 Å². The van der Waals surface area contributed by atoms with Gasteiger partial charge < -0.3 is 0 Å². The van der Waals surface area contributed by atoms with Crippen molar-refractivity contribution in [3.05, 3.63) is 54.4 Å². The van der Waals surface area contributed by atoms with E-state index in [2.05, 4.69) is 26.2 Å². The van der Waals surface area contributed by atoms with Gasteiger partial charge in [0.25, 0.3) is 5.91 Å². The number of nitrogens with one attached hydrogen (secondary N) is 1. The summed E-state index contributed by atoms with van der Waals surface area (Å²) in [5.74, 6) is -0.220. The predicted octanol–water partition coefficient (Wildman–Crippen LogP) is 6.19. The number of amides is 1. The third kappa shape index (κ3) is 3.36. The van der Waals surface area contributed by atoms with Crippen LogP contribution in [0.4, 0.5) is 5.13 Å². The molecule has 0 aliphatic heterocycles. The lowest BCUT2D eigenvalue weighted by Crippen LogP contribution is -2.12. The van der Waals surface area contributed by atoms with Gasteiger partial charge in [-0.2, -0.15) is 0 Å². The van der Waals surface area contributed by atoms with E-state index in [-0.39, 0.29) is 5.91 Å². The van der Waals surface area contributed by atoms with Crippen molar-refractivity contribution < 1.29 is 4.79 Å². The summed E-state index contributed by atoms with van der Waals surface area (Å²) < 4.78 is 1.92. The van der Waals surface area contributed by atoms with Crippen LogP contribution in [0, 0.1) is 0 Å². The molecule has 0 unspecified atom stereocenters. The number of anilines is 1. The van der Waals surface area contributed by atoms with Crippen molar-refractivity contribution >= 4 is 72.8 Å². The Labute approximate surface area is 153 Å². The van der Waals surface area contributed by atoms with Crippen LogP contribution >= 0.6 is 61.8 Å². The summed E-state index contributed by atoms with van der Waals surface area (Å²) in [6.45, 7) is 0. The number of hydrogen-bond acceptors (Lipinski definition) is 4. The number of hydrogen-bond donors (Lipinski definition) is 1. The standard InChI is InChI=1S/C14H7BrCl2N2OS2/c15-9-4-2-1-3-7(9)13(20)19-14-18-10(6-21-14)8-5-11(16)22-12(8)17/h1-6H,(H,18,19,20). The zero-order chi connectivity index (χ0) is 15.7. The van der Waals surface area contributed by atoms with Crippen LogP contribution in [0.5, 0.6) is 0 Å². The highest BCUT2D eigenvalue weighted by Crippen LogP contribution is 2.39. The number of aromatic nitrogens is 1. The Kier molecular flexibility index (Phi) is 4.84. The van der Waals surface area contributed by atoms with Crippen LogP contribution in [0.15, 0.2) is 40.2 Å². The molecule has 3 aromatic rings. The van der Waals surface area contributed by atoms with Gasteiger partial charge in [0.05, 0.1) is 15.6 Å². The molecule has 0 atom stereocenters. The maximum Gasteiger partial charge on any atom is 0.258 e. The van der Waals surface area contributed by atoms with E-state index in [4.69, 9.17) is 23.2 Å². The Bertz CT molecular complexity index is 847. The zero-order valence-corrected chi connectivity index (χ0v) is 15.5. The maximum atomic E-state index is 12.2. The molecule has 0 fully saturated rings. The molecule has 0 spiro atoms. The second-order valence-corrected chi connectivity index (χ2v) is 8.21. The minimum absolute atomic E-state index is 0.220. The monoisotopic (exact) mass is 432 g/mol. The highest BCUT2D eigenvalue weighted by atomic mass is 79.9. The van der Waals surface area contributed by atoms with E-state index in [0.717, 1.165) is 10.0 Å². The van der Waals surface area contributed by atoms with Crippen molar-refractivity contribution in [3.63, 3.8) is 0 Å². The number of benzene rings is 1.